The quantitative estimate of drug-likeness (QED) is 0.344. The largest absolute Gasteiger partial charge is 0.369 e. The van der Waals surface area contributed by atoms with Crippen molar-refractivity contribution in [1.82, 2.24) is 0 Å². The molecule has 4 heteroatoms. The second kappa shape index (κ2) is 2.53. The van der Waals surface area contributed by atoms with Crippen molar-refractivity contribution in [3.8, 4) is 0 Å². The van der Waals surface area contributed by atoms with Crippen molar-refractivity contribution in [3.05, 3.63) is 0 Å². The molecule has 1 saturated carbocycles. The van der Waals surface area contributed by atoms with E-state index < -0.39 is 0 Å². The van der Waals surface area contributed by atoms with E-state index in [0.717, 1.165) is 5.71 Å². The smallest absolute Gasteiger partial charge is 0.211 e. The van der Waals surface area contributed by atoms with Crippen LogP contribution in [0.5, 0.6) is 0 Å². The molecule has 1 fully saturated rings. The standard InChI is InChI=1S/C7H14N4/c1-5(7(2)3-4-7)10-11-6(8)9/h3-4H2,1-2H3,(H4,8,9,11). The molecule has 0 aromatic heterocycles. The summed E-state index contributed by atoms with van der Waals surface area (Å²) < 4.78 is 0. The van der Waals surface area contributed by atoms with Crippen LogP contribution in [0.4, 0.5) is 0 Å². The average Bonchev–Trinajstić information content (AvgIpc) is 2.64. The van der Waals surface area contributed by atoms with Gasteiger partial charge in [-0.25, -0.2) is 0 Å². The first-order valence-corrected chi connectivity index (χ1v) is 3.68. The zero-order chi connectivity index (χ0) is 8.48. The first kappa shape index (κ1) is 8.04. The predicted molar refractivity (Wildman–Crippen MR) is 46.3 cm³/mol. The van der Waals surface area contributed by atoms with E-state index in [1.165, 1.54) is 12.8 Å². The van der Waals surface area contributed by atoms with E-state index >= 15 is 0 Å². The molecule has 11 heavy (non-hydrogen) atoms. The van der Waals surface area contributed by atoms with Crippen LogP contribution in [-0.4, -0.2) is 11.7 Å². The molecule has 0 unspecified atom stereocenters. The summed E-state index contributed by atoms with van der Waals surface area (Å²) in [5, 5.41) is 7.50. The van der Waals surface area contributed by atoms with Gasteiger partial charge in [-0.15, -0.1) is 5.10 Å². The van der Waals surface area contributed by atoms with E-state index in [9.17, 15) is 0 Å². The number of nitrogens with two attached hydrogens (primary N) is 2. The maximum Gasteiger partial charge on any atom is 0.211 e. The van der Waals surface area contributed by atoms with E-state index in [1.54, 1.807) is 0 Å². The summed E-state index contributed by atoms with van der Waals surface area (Å²) in [6, 6.07) is 0. The van der Waals surface area contributed by atoms with Gasteiger partial charge in [-0.05, 0) is 19.8 Å². The summed E-state index contributed by atoms with van der Waals surface area (Å²) in [5.41, 5.74) is 11.5. The van der Waals surface area contributed by atoms with Crippen LogP contribution in [0.2, 0.25) is 0 Å². The SMILES string of the molecule is CC(=NN=C(N)N)C1(C)CC1. The van der Waals surface area contributed by atoms with Crippen molar-refractivity contribution in [1.29, 1.82) is 0 Å². The van der Waals surface area contributed by atoms with Crippen LogP contribution in [0.25, 0.3) is 0 Å². The average molecular weight is 154 g/mol. The highest BCUT2D eigenvalue weighted by molar-refractivity contribution is 5.90. The Hall–Kier alpha value is -1.06. The number of guanidine groups is 1. The molecule has 0 spiro atoms. The Morgan fingerprint density at radius 3 is 2.18 bits per heavy atom. The van der Waals surface area contributed by atoms with Crippen LogP contribution >= 0.6 is 0 Å². The first-order valence-electron chi connectivity index (χ1n) is 3.68. The van der Waals surface area contributed by atoms with Gasteiger partial charge < -0.3 is 11.5 Å². The van der Waals surface area contributed by atoms with Crippen LogP contribution in [0, 0.1) is 5.41 Å². The molecule has 0 saturated heterocycles. The molecular weight excluding hydrogens is 140 g/mol. The van der Waals surface area contributed by atoms with Gasteiger partial charge in [-0.2, -0.15) is 5.10 Å². The predicted octanol–water partition coefficient (Wildman–Crippen LogP) is 0.436. The Balaban J connectivity index is 2.60. The minimum Gasteiger partial charge on any atom is -0.369 e. The van der Waals surface area contributed by atoms with Gasteiger partial charge in [0.15, 0.2) is 0 Å². The molecule has 62 valence electrons. The first-order chi connectivity index (χ1) is 5.04. The van der Waals surface area contributed by atoms with E-state index in [4.69, 9.17) is 11.5 Å². The highest BCUT2D eigenvalue weighted by atomic mass is 15.3. The zero-order valence-corrected chi connectivity index (χ0v) is 6.96. The van der Waals surface area contributed by atoms with Crippen LogP contribution in [0.1, 0.15) is 26.7 Å². The fraction of sp³-hybridized carbons (Fsp3) is 0.714. The van der Waals surface area contributed by atoms with Crippen molar-refractivity contribution in [2.75, 3.05) is 0 Å². The van der Waals surface area contributed by atoms with Gasteiger partial charge >= 0.3 is 0 Å². The second-order valence-electron chi connectivity index (χ2n) is 3.27. The fourth-order valence-corrected chi connectivity index (χ4v) is 0.803. The molecule has 1 aliphatic carbocycles. The highest BCUT2D eigenvalue weighted by Gasteiger charge is 2.40. The Morgan fingerprint density at radius 2 is 1.82 bits per heavy atom. The molecule has 4 nitrogen and oxygen atoms in total. The third-order valence-corrected chi connectivity index (χ3v) is 2.19. The minimum absolute atomic E-state index is 0.0219. The Labute approximate surface area is 66.4 Å². The van der Waals surface area contributed by atoms with Crippen molar-refractivity contribution in [2.45, 2.75) is 26.7 Å². The topological polar surface area (TPSA) is 76.8 Å². The molecular formula is C7H14N4. The molecule has 0 heterocycles. The third kappa shape index (κ3) is 1.93. The minimum atomic E-state index is 0.0219. The van der Waals surface area contributed by atoms with Crippen molar-refractivity contribution in [3.63, 3.8) is 0 Å². The highest BCUT2D eigenvalue weighted by Crippen LogP contribution is 2.46. The number of hydrogen-bond acceptors (Lipinski definition) is 2. The maximum atomic E-state index is 5.13. The lowest BCUT2D eigenvalue weighted by Gasteiger charge is -2.03. The van der Waals surface area contributed by atoms with Crippen LogP contribution in [-0.2, 0) is 0 Å². The van der Waals surface area contributed by atoms with E-state index in [0.29, 0.717) is 0 Å². The molecule has 0 amide bonds. The van der Waals surface area contributed by atoms with Crippen molar-refractivity contribution >= 4 is 11.7 Å². The van der Waals surface area contributed by atoms with Gasteiger partial charge in [0.2, 0.25) is 5.96 Å². The summed E-state index contributed by atoms with van der Waals surface area (Å²) in [5.74, 6) is 0.0219. The Kier molecular flexibility index (Phi) is 1.85. The van der Waals surface area contributed by atoms with Crippen LogP contribution in [0.15, 0.2) is 10.2 Å². The summed E-state index contributed by atoms with van der Waals surface area (Å²) in [6.45, 7) is 4.12. The van der Waals surface area contributed by atoms with E-state index in [-0.39, 0.29) is 11.4 Å². The summed E-state index contributed by atoms with van der Waals surface area (Å²) in [4.78, 5) is 0. The molecule has 0 aliphatic heterocycles. The van der Waals surface area contributed by atoms with Crippen molar-refractivity contribution < 1.29 is 0 Å². The van der Waals surface area contributed by atoms with Crippen LogP contribution in [0.3, 0.4) is 0 Å². The van der Waals surface area contributed by atoms with Gasteiger partial charge in [0.25, 0.3) is 0 Å². The molecule has 4 N–H and O–H groups in total. The summed E-state index contributed by atoms with van der Waals surface area (Å²) >= 11 is 0. The molecule has 0 aromatic carbocycles. The number of hydrogen-bond donors (Lipinski definition) is 2. The Morgan fingerprint density at radius 1 is 1.27 bits per heavy atom. The molecule has 0 atom stereocenters. The normalized spacial score (nSPS) is 21.1. The van der Waals surface area contributed by atoms with Crippen molar-refractivity contribution in [2.24, 2.45) is 27.1 Å². The lowest BCUT2D eigenvalue weighted by Crippen LogP contribution is -2.22. The molecule has 1 rings (SSSR count). The molecule has 0 bridgehead atoms. The van der Waals surface area contributed by atoms with Gasteiger partial charge in [0.05, 0.1) is 0 Å². The zero-order valence-electron chi connectivity index (χ0n) is 6.96. The van der Waals surface area contributed by atoms with Gasteiger partial charge in [-0.1, -0.05) is 6.92 Å². The molecule has 0 radical (unpaired) electrons. The fourth-order valence-electron chi connectivity index (χ4n) is 0.803. The van der Waals surface area contributed by atoms with Gasteiger partial charge in [0, 0.05) is 11.1 Å². The van der Waals surface area contributed by atoms with Gasteiger partial charge in [-0.3, -0.25) is 0 Å². The third-order valence-electron chi connectivity index (χ3n) is 2.19. The molecule has 1 aliphatic rings. The number of nitrogens with zero attached hydrogens (tertiary/aromatic N) is 2. The lowest BCUT2D eigenvalue weighted by atomic mass is 10.1. The maximum absolute atomic E-state index is 5.13. The van der Waals surface area contributed by atoms with E-state index in [2.05, 4.69) is 17.1 Å². The number of rotatable bonds is 2. The van der Waals surface area contributed by atoms with Crippen LogP contribution < -0.4 is 11.5 Å². The summed E-state index contributed by atoms with van der Waals surface area (Å²) in [6.07, 6.45) is 2.39. The van der Waals surface area contributed by atoms with E-state index in [1.807, 2.05) is 6.92 Å². The monoisotopic (exact) mass is 154 g/mol. The second-order valence-corrected chi connectivity index (χ2v) is 3.27. The lowest BCUT2D eigenvalue weighted by molar-refractivity contribution is 0.791. The summed E-state index contributed by atoms with van der Waals surface area (Å²) in [7, 11) is 0. The Bertz CT molecular complexity index is 208. The molecule has 0 aromatic rings. The van der Waals surface area contributed by atoms with Gasteiger partial charge in [0.1, 0.15) is 0 Å².